The van der Waals surface area contributed by atoms with Crippen LogP contribution in [-0.2, 0) is 6.54 Å². The molecule has 1 aromatic heterocycles. The highest BCUT2D eigenvalue weighted by atomic mass is 19.3. The van der Waals surface area contributed by atoms with Crippen molar-refractivity contribution in [3.63, 3.8) is 0 Å². The van der Waals surface area contributed by atoms with E-state index in [0.29, 0.717) is 0 Å². The van der Waals surface area contributed by atoms with Gasteiger partial charge in [0.15, 0.2) is 0 Å². The van der Waals surface area contributed by atoms with Crippen LogP contribution in [0.25, 0.3) is 10.9 Å². The van der Waals surface area contributed by atoms with Crippen molar-refractivity contribution in [2.24, 2.45) is 0 Å². The lowest BCUT2D eigenvalue weighted by molar-refractivity contribution is -0.125. The largest absolute Gasteiger partial charge is 0.361 e. The Balaban J connectivity index is 1.99. The van der Waals surface area contributed by atoms with Crippen molar-refractivity contribution in [3.05, 3.63) is 36.0 Å². The van der Waals surface area contributed by atoms with Crippen LogP contribution in [0.2, 0.25) is 0 Å². The minimum absolute atomic E-state index is 0.117. The Morgan fingerprint density at radius 3 is 2.67 bits per heavy atom. The summed E-state index contributed by atoms with van der Waals surface area (Å²) in [5.41, 5.74) is 1.66. The number of hydrogen-bond donors (Lipinski definition) is 2. The van der Waals surface area contributed by atoms with Crippen molar-refractivity contribution in [2.45, 2.75) is 18.9 Å². The van der Waals surface area contributed by atoms with Crippen LogP contribution >= 0.6 is 0 Å². The van der Waals surface area contributed by atoms with Crippen LogP contribution in [0.3, 0.4) is 0 Å². The Morgan fingerprint density at radius 1 is 1.22 bits per heavy atom. The maximum absolute atomic E-state index is 12.7. The summed E-state index contributed by atoms with van der Waals surface area (Å²) in [6, 6.07) is 7.37. The Hall–Kier alpha value is -1.56. The quantitative estimate of drug-likeness (QED) is 0.794. The Labute approximate surface area is 101 Å². The zero-order valence-electron chi connectivity index (χ0n) is 9.39. The second kappa shape index (κ2) is 4.97. The molecule has 0 saturated carbocycles. The molecule has 0 bridgehead atoms. The highest BCUT2D eigenvalue weighted by Crippen LogP contribution is 2.22. The average Bonchev–Trinajstić information content (AvgIpc) is 2.72. The van der Waals surface area contributed by atoms with E-state index in [0.717, 1.165) is 16.5 Å². The van der Waals surface area contributed by atoms with E-state index in [1.807, 2.05) is 24.3 Å². The van der Waals surface area contributed by atoms with Gasteiger partial charge >= 0.3 is 12.3 Å². The van der Waals surface area contributed by atoms with Crippen LogP contribution in [0.1, 0.15) is 5.56 Å². The molecule has 0 aliphatic rings. The van der Waals surface area contributed by atoms with Crippen LogP contribution in [-0.4, -0.2) is 23.9 Å². The average molecular weight is 260 g/mol. The molecule has 0 aliphatic heterocycles. The molecule has 0 amide bonds. The Kier molecular flexibility index (Phi) is 3.56. The molecule has 0 unspecified atom stereocenters. The van der Waals surface area contributed by atoms with Gasteiger partial charge in [0.05, 0.1) is 6.54 Å². The maximum atomic E-state index is 12.7. The lowest BCUT2D eigenvalue weighted by atomic mass is 10.2. The highest BCUT2D eigenvalue weighted by molar-refractivity contribution is 5.82. The number of H-pyrrole nitrogens is 1. The molecule has 0 spiro atoms. The summed E-state index contributed by atoms with van der Waals surface area (Å²) in [4.78, 5) is 2.98. The first kappa shape index (κ1) is 12.9. The molecule has 0 saturated heterocycles. The molecule has 0 aliphatic carbocycles. The number of alkyl halides is 4. The number of hydrogen-bond acceptors (Lipinski definition) is 1. The first-order chi connectivity index (χ1) is 8.50. The molecule has 6 heteroatoms. The fourth-order valence-electron chi connectivity index (χ4n) is 1.72. The van der Waals surface area contributed by atoms with E-state index in [2.05, 4.69) is 10.3 Å². The monoisotopic (exact) mass is 260 g/mol. The van der Waals surface area contributed by atoms with Gasteiger partial charge in [-0.3, -0.25) is 0 Å². The Morgan fingerprint density at radius 2 is 1.94 bits per heavy atom. The van der Waals surface area contributed by atoms with E-state index in [1.54, 1.807) is 6.20 Å². The van der Waals surface area contributed by atoms with Gasteiger partial charge in [-0.15, -0.1) is 0 Å². The van der Waals surface area contributed by atoms with Crippen LogP contribution in [0.5, 0.6) is 0 Å². The highest BCUT2D eigenvalue weighted by Gasteiger charge is 2.39. The van der Waals surface area contributed by atoms with Gasteiger partial charge in [0.1, 0.15) is 0 Å². The second-order valence-electron chi connectivity index (χ2n) is 4.02. The molecule has 1 aromatic carbocycles. The van der Waals surface area contributed by atoms with E-state index in [1.165, 1.54) is 0 Å². The fourth-order valence-corrected chi connectivity index (χ4v) is 1.72. The third kappa shape index (κ3) is 2.64. The number of fused-ring (bicyclic) bond motifs is 1. The molecule has 2 aromatic rings. The zero-order valence-corrected chi connectivity index (χ0v) is 9.39. The van der Waals surface area contributed by atoms with Gasteiger partial charge in [0.25, 0.3) is 0 Å². The molecular formula is C12H12F4N2. The topological polar surface area (TPSA) is 27.8 Å². The minimum Gasteiger partial charge on any atom is -0.361 e. The van der Waals surface area contributed by atoms with Gasteiger partial charge in [-0.1, -0.05) is 18.2 Å². The summed E-state index contributed by atoms with van der Waals surface area (Å²) in [7, 11) is 0. The van der Waals surface area contributed by atoms with Crippen molar-refractivity contribution in [1.82, 2.24) is 10.3 Å². The first-order valence-electron chi connectivity index (χ1n) is 5.42. The first-order valence-corrected chi connectivity index (χ1v) is 5.42. The Bertz CT molecular complexity index is 522. The van der Waals surface area contributed by atoms with Crippen LogP contribution in [0.4, 0.5) is 17.6 Å². The zero-order chi connectivity index (χ0) is 13.2. The minimum atomic E-state index is -3.99. The number of benzene rings is 1. The molecule has 0 atom stereocenters. The molecule has 98 valence electrons. The van der Waals surface area contributed by atoms with Crippen molar-refractivity contribution in [1.29, 1.82) is 0 Å². The molecular weight excluding hydrogens is 248 g/mol. The smallest absolute Gasteiger partial charge is 0.319 e. The number of aromatic nitrogens is 1. The summed E-state index contributed by atoms with van der Waals surface area (Å²) in [6.45, 7) is -0.920. The fraction of sp³-hybridized carbons (Fsp3) is 0.333. The van der Waals surface area contributed by atoms with Gasteiger partial charge in [-0.25, -0.2) is 8.78 Å². The molecule has 0 radical (unpaired) electrons. The molecule has 0 fully saturated rings. The van der Waals surface area contributed by atoms with Crippen molar-refractivity contribution >= 4 is 10.9 Å². The summed E-state index contributed by atoms with van der Waals surface area (Å²) in [5, 5.41) is 3.25. The third-order valence-electron chi connectivity index (χ3n) is 2.67. The summed E-state index contributed by atoms with van der Waals surface area (Å²) in [6.07, 6.45) is -1.97. The van der Waals surface area contributed by atoms with Crippen molar-refractivity contribution in [3.8, 4) is 0 Å². The van der Waals surface area contributed by atoms with E-state index in [9.17, 15) is 17.6 Å². The molecule has 18 heavy (non-hydrogen) atoms. The predicted molar refractivity (Wildman–Crippen MR) is 61.0 cm³/mol. The lowest BCUT2D eigenvalue weighted by Crippen LogP contribution is -2.38. The van der Waals surface area contributed by atoms with Gasteiger partial charge in [0, 0.05) is 23.6 Å². The third-order valence-corrected chi connectivity index (χ3v) is 2.67. The second-order valence-corrected chi connectivity index (χ2v) is 4.02. The molecule has 2 nitrogen and oxygen atoms in total. The summed E-state index contributed by atoms with van der Waals surface area (Å²) in [5.74, 6) is -3.99. The number of para-hydroxylation sites is 1. The lowest BCUT2D eigenvalue weighted by Gasteiger charge is -2.15. The standard InChI is InChI=1S/C12H12F4N2/c13-11(14)12(15,16)7-17-5-8-6-18-10-4-2-1-3-9(8)10/h1-4,6,11,17-18H,5,7H2. The van der Waals surface area contributed by atoms with E-state index in [4.69, 9.17) is 0 Å². The molecule has 1 heterocycles. The van der Waals surface area contributed by atoms with Crippen LogP contribution in [0.15, 0.2) is 30.5 Å². The summed E-state index contributed by atoms with van der Waals surface area (Å²) >= 11 is 0. The summed E-state index contributed by atoms with van der Waals surface area (Å²) < 4.78 is 49.2. The normalized spacial score (nSPS) is 12.5. The van der Waals surface area contributed by atoms with Gasteiger partial charge in [-0.05, 0) is 11.6 Å². The van der Waals surface area contributed by atoms with E-state index < -0.39 is 18.9 Å². The van der Waals surface area contributed by atoms with Gasteiger partial charge < -0.3 is 10.3 Å². The maximum Gasteiger partial charge on any atom is 0.319 e. The number of rotatable bonds is 5. The van der Waals surface area contributed by atoms with E-state index in [-0.39, 0.29) is 6.54 Å². The number of aromatic amines is 1. The molecule has 2 rings (SSSR count). The van der Waals surface area contributed by atoms with Crippen molar-refractivity contribution in [2.75, 3.05) is 6.54 Å². The van der Waals surface area contributed by atoms with Crippen LogP contribution < -0.4 is 5.32 Å². The number of halogens is 4. The SMILES string of the molecule is FC(F)C(F)(F)CNCc1c[nH]c2ccccc12. The molecule has 2 N–H and O–H groups in total. The van der Waals surface area contributed by atoms with Gasteiger partial charge in [0.2, 0.25) is 0 Å². The number of nitrogens with one attached hydrogen (secondary N) is 2. The van der Waals surface area contributed by atoms with Crippen LogP contribution in [0, 0.1) is 0 Å². The van der Waals surface area contributed by atoms with E-state index >= 15 is 0 Å². The predicted octanol–water partition coefficient (Wildman–Crippen LogP) is 3.16. The van der Waals surface area contributed by atoms with Crippen molar-refractivity contribution < 1.29 is 17.6 Å². The van der Waals surface area contributed by atoms with Gasteiger partial charge in [-0.2, -0.15) is 8.78 Å².